The van der Waals surface area contributed by atoms with Crippen LogP contribution in [0.25, 0.3) is 0 Å². The van der Waals surface area contributed by atoms with Crippen molar-refractivity contribution in [3.63, 3.8) is 0 Å². The highest BCUT2D eigenvalue weighted by Crippen LogP contribution is 2.51. The number of sulfonamides is 2. The molecule has 2 heterocycles. The van der Waals surface area contributed by atoms with Gasteiger partial charge in [-0.15, -0.1) is 0 Å². The molecular weight excluding hydrogens is 396 g/mol. The maximum absolute atomic E-state index is 13.4. The highest BCUT2D eigenvalue weighted by Gasteiger charge is 2.59. The maximum Gasteiger partial charge on any atom is 0.244 e. The van der Waals surface area contributed by atoms with E-state index in [1.54, 1.807) is 12.1 Å². The van der Waals surface area contributed by atoms with Gasteiger partial charge < -0.3 is 0 Å². The summed E-state index contributed by atoms with van der Waals surface area (Å²) < 4.78 is 55.5. The summed E-state index contributed by atoms with van der Waals surface area (Å²) in [4.78, 5) is 0.302. The van der Waals surface area contributed by atoms with Crippen molar-refractivity contribution < 1.29 is 16.8 Å². The molecule has 2 aromatic rings. The van der Waals surface area contributed by atoms with Crippen LogP contribution in [-0.2, 0) is 32.1 Å². The molecule has 3 aliphatic rings. The summed E-state index contributed by atoms with van der Waals surface area (Å²) in [5.41, 5.74) is 0.772. The quantitative estimate of drug-likeness (QED) is 0.764. The summed E-state index contributed by atoms with van der Waals surface area (Å²) >= 11 is 0. The van der Waals surface area contributed by atoms with E-state index < -0.39 is 25.6 Å². The Morgan fingerprint density at radius 2 is 1.68 bits per heavy atom. The lowest BCUT2D eigenvalue weighted by atomic mass is 9.88. The molecule has 148 valence electrons. The van der Waals surface area contributed by atoms with E-state index in [1.165, 1.54) is 8.61 Å². The number of hydrogen-bond donors (Lipinski definition) is 0. The molecule has 2 aliphatic heterocycles. The molecule has 0 radical (unpaired) electrons. The molecule has 2 fully saturated rings. The zero-order valence-electron chi connectivity index (χ0n) is 15.4. The minimum atomic E-state index is -3.70. The number of hydrogen-bond acceptors (Lipinski definition) is 4. The lowest BCUT2D eigenvalue weighted by Gasteiger charge is -2.34. The summed E-state index contributed by atoms with van der Waals surface area (Å²) in [7, 11) is -7.05. The van der Waals surface area contributed by atoms with Crippen LogP contribution in [0, 0.1) is 0 Å². The van der Waals surface area contributed by atoms with Crippen molar-refractivity contribution in [2.45, 2.75) is 41.5 Å². The highest BCUT2D eigenvalue weighted by atomic mass is 32.2. The molecule has 0 unspecified atom stereocenters. The second-order valence-corrected chi connectivity index (χ2v) is 11.9. The van der Waals surface area contributed by atoms with Crippen molar-refractivity contribution in [2.75, 3.05) is 13.1 Å². The Morgan fingerprint density at radius 1 is 1.00 bits per heavy atom. The second-order valence-electron chi connectivity index (χ2n) is 7.85. The Labute approximate surface area is 165 Å². The molecule has 0 N–H and O–H groups in total. The van der Waals surface area contributed by atoms with E-state index in [4.69, 9.17) is 0 Å². The topological polar surface area (TPSA) is 74.8 Å². The van der Waals surface area contributed by atoms with Crippen molar-refractivity contribution in [1.82, 2.24) is 8.61 Å². The largest absolute Gasteiger partial charge is 0.244 e. The van der Waals surface area contributed by atoms with Crippen LogP contribution in [0.4, 0.5) is 0 Å². The number of nitrogens with zero attached hydrogens (tertiary/aromatic N) is 2. The predicted molar refractivity (Wildman–Crippen MR) is 105 cm³/mol. The number of benzene rings is 2. The predicted octanol–water partition coefficient (Wildman–Crippen LogP) is 2.28. The third kappa shape index (κ3) is 2.58. The van der Waals surface area contributed by atoms with E-state index in [9.17, 15) is 16.8 Å². The first-order valence-electron chi connectivity index (χ1n) is 9.51. The maximum atomic E-state index is 13.4. The van der Waals surface area contributed by atoms with Gasteiger partial charge >= 0.3 is 0 Å². The van der Waals surface area contributed by atoms with Gasteiger partial charge in [-0.2, -0.15) is 8.61 Å². The Balaban J connectivity index is 1.61. The van der Waals surface area contributed by atoms with E-state index in [0.29, 0.717) is 30.7 Å². The smallest absolute Gasteiger partial charge is 0.212 e. The molecule has 1 saturated heterocycles. The fraction of sp³-hybridized carbons (Fsp3) is 0.400. The Morgan fingerprint density at radius 3 is 2.39 bits per heavy atom. The van der Waals surface area contributed by atoms with Gasteiger partial charge in [0.25, 0.3) is 0 Å². The second kappa shape index (κ2) is 6.13. The molecule has 0 amide bonds. The van der Waals surface area contributed by atoms with E-state index in [2.05, 4.69) is 0 Å². The molecule has 0 bridgehead atoms. The molecule has 2 aromatic carbocycles. The van der Waals surface area contributed by atoms with Gasteiger partial charge in [0.05, 0.1) is 15.7 Å². The third-order valence-corrected chi connectivity index (χ3v) is 10.4. The fourth-order valence-electron chi connectivity index (χ4n) is 4.52. The Hall–Kier alpha value is -1.74. The molecule has 28 heavy (non-hydrogen) atoms. The van der Waals surface area contributed by atoms with Crippen LogP contribution in [0.15, 0.2) is 59.5 Å². The fourth-order valence-corrected chi connectivity index (χ4v) is 8.46. The van der Waals surface area contributed by atoms with Crippen LogP contribution in [0.1, 0.15) is 30.4 Å². The summed E-state index contributed by atoms with van der Waals surface area (Å²) in [5.74, 6) is 0. The van der Waals surface area contributed by atoms with Gasteiger partial charge in [-0.3, -0.25) is 0 Å². The lowest BCUT2D eigenvalue weighted by molar-refractivity contribution is 0.204. The van der Waals surface area contributed by atoms with Crippen molar-refractivity contribution in [2.24, 2.45) is 0 Å². The lowest BCUT2D eigenvalue weighted by Crippen LogP contribution is -2.46. The van der Waals surface area contributed by atoms with Crippen LogP contribution in [0.3, 0.4) is 0 Å². The SMILES string of the molecule is O=S1(=O)c2ccccc2[C@@]2(CCN(S(=O)(=O)C3CC3)C2)N1Cc1ccccc1. The molecule has 1 aliphatic carbocycles. The summed E-state index contributed by atoms with van der Waals surface area (Å²) in [6, 6.07) is 16.5. The Bertz CT molecular complexity index is 1130. The molecule has 1 spiro atoms. The van der Waals surface area contributed by atoms with E-state index in [0.717, 1.165) is 11.1 Å². The van der Waals surface area contributed by atoms with E-state index in [-0.39, 0.29) is 18.3 Å². The first-order valence-corrected chi connectivity index (χ1v) is 12.5. The van der Waals surface area contributed by atoms with E-state index in [1.807, 2.05) is 42.5 Å². The molecule has 1 saturated carbocycles. The summed E-state index contributed by atoms with van der Waals surface area (Å²) in [6.45, 7) is 0.776. The van der Waals surface area contributed by atoms with Crippen LogP contribution in [0.5, 0.6) is 0 Å². The molecule has 8 heteroatoms. The zero-order chi connectivity index (χ0) is 19.6. The minimum Gasteiger partial charge on any atom is -0.212 e. The van der Waals surface area contributed by atoms with Gasteiger partial charge in [-0.05, 0) is 36.5 Å². The van der Waals surface area contributed by atoms with Crippen molar-refractivity contribution in [1.29, 1.82) is 0 Å². The molecule has 5 rings (SSSR count). The average Bonchev–Trinajstić information content (AvgIpc) is 3.43. The van der Waals surface area contributed by atoms with Crippen LogP contribution in [-0.4, -0.2) is 43.8 Å². The first-order chi connectivity index (χ1) is 13.4. The summed E-state index contributed by atoms with van der Waals surface area (Å²) in [5, 5.41) is -0.293. The standard InChI is InChI=1S/C20H22N2O4S2/c23-27(24,17-10-11-17)21-13-12-20(15-21)18-8-4-5-9-19(18)28(25,26)22(20)14-16-6-2-1-3-7-16/h1-9,17H,10-15H2/t20-/m0/s1. The van der Waals surface area contributed by atoms with Gasteiger partial charge in [0.2, 0.25) is 20.0 Å². The van der Waals surface area contributed by atoms with Crippen LogP contribution < -0.4 is 0 Å². The van der Waals surface area contributed by atoms with Crippen molar-refractivity contribution >= 4 is 20.0 Å². The first kappa shape index (κ1) is 18.3. The van der Waals surface area contributed by atoms with Crippen molar-refractivity contribution in [3.05, 3.63) is 65.7 Å². The number of fused-ring (bicyclic) bond motifs is 2. The zero-order valence-corrected chi connectivity index (χ0v) is 17.0. The van der Waals surface area contributed by atoms with Crippen LogP contribution >= 0.6 is 0 Å². The van der Waals surface area contributed by atoms with Crippen molar-refractivity contribution in [3.8, 4) is 0 Å². The van der Waals surface area contributed by atoms with Gasteiger partial charge in [0.15, 0.2) is 0 Å². The molecular formula is C20H22N2O4S2. The molecule has 1 atom stereocenters. The number of rotatable bonds is 4. The molecule has 6 nitrogen and oxygen atoms in total. The minimum absolute atomic E-state index is 0.189. The van der Waals surface area contributed by atoms with Gasteiger partial charge in [-0.25, -0.2) is 16.8 Å². The third-order valence-electron chi connectivity index (χ3n) is 6.12. The Kier molecular flexibility index (Phi) is 4.00. The monoisotopic (exact) mass is 418 g/mol. The summed E-state index contributed by atoms with van der Waals surface area (Å²) in [6.07, 6.45) is 1.88. The van der Waals surface area contributed by atoms with Gasteiger partial charge in [0.1, 0.15) is 0 Å². The van der Waals surface area contributed by atoms with E-state index >= 15 is 0 Å². The van der Waals surface area contributed by atoms with Crippen LogP contribution in [0.2, 0.25) is 0 Å². The highest BCUT2D eigenvalue weighted by molar-refractivity contribution is 7.90. The normalized spacial score (nSPS) is 27.3. The molecule has 0 aromatic heterocycles. The average molecular weight is 419 g/mol. The van der Waals surface area contributed by atoms with Gasteiger partial charge in [0, 0.05) is 19.6 Å². The van der Waals surface area contributed by atoms with Gasteiger partial charge in [-0.1, -0.05) is 48.5 Å².